The molecule has 0 aliphatic carbocycles. The van der Waals surface area contributed by atoms with Crippen molar-refractivity contribution in [2.75, 3.05) is 0 Å². The highest BCUT2D eigenvalue weighted by Gasteiger charge is 2.18. The van der Waals surface area contributed by atoms with Crippen molar-refractivity contribution in [1.29, 1.82) is 0 Å². The van der Waals surface area contributed by atoms with Gasteiger partial charge in [0.05, 0.1) is 11.4 Å². The molecule has 0 bridgehead atoms. The van der Waals surface area contributed by atoms with E-state index in [4.69, 9.17) is 0 Å². The van der Waals surface area contributed by atoms with Crippen molar-refractivity contribution in [3.63, 3.8) is 0 Å². The number of nitrogens with zero attached hydrogens (tertiary/aromatic N) is 3. The lowest BCUT2D eigenvalue weighted by atomic mass is 10.1. The molecule has 4 heteroatoms. The Morgan fingerprint density at radius 2 is 2.00 bits per heavy atom. The van der Waals surface area contributed by atoms with Crippen molar-refractivity contribution in [3.05, 3.63) is 40.7 Å². The van der Waals surface area contributed by atoms with Crippen LogP contribution in [-0.2, 0) is 6.42 Å². The Hall–Kier alpha value is -1.97. The molecular formula is C15H19N3O. The molecule has 0 N–H and O–H groups in total. The largest absolute Gasteiger partial charge is 0.292 e. The fraction of sp³-hybridized carbons (Fsp3) is 0.400. The Bertz CT molecular complexity index is 614. The molecule has 0 aliphatic rings. The number of ketones is 1. The van der Waals surface area contributed by atoms with Gasteiger partial charge < -0.3 is 0 Å². The van der Waals surface area contributed by atoms with E-state index in [0.717, 1.165) is 23.4 Å². The summed E-state index contributed by atoms with van der Waals surface area (Å²) in [5.74, 6) is 0.0489. The second-order valence-corrected chi connectivity index (χ2v) is 4.72. The number of aryl methyl sites for hydroxylation is 2. The molecule has 2 rings (SSSR count). The number of hydrogen-bond acceptors (Lipinski definition) is 3. The van der Waals surface area contributed by atoms with E-state index in [9.17, 15) is 4.79 Å². The number of rotatable bonds is 4. The molecule has 0 amide bonds. The summed E-state index contributed by atoms with van der Waals surface area (Å²) >= 11 is 0. The van der Waals surface area contributed by atoms with Crippen LogP contribution in [0.2, 0.25) is 0 Å². The molecule has 0 aliphatic heterocycles. The molecule has 2 aromatic rings. The third-order valence-electron chi connectivity index (χ3n) is 3.26. The highest BCUT2D eigenvalue weighted by Crippen LogP contribution is 2.19. The Morgan fingerprint density at radius 1 is 1.26 bits per heavy atom. The molecule has 1 aromatic heterocycles. The molecule has 19 heavy (non-hydrogen) atoms. The van der Waals surface area contributed by atoms with Gasteiger partial charge in [0.2, 0.25) is 0 Å². The number of aromatic nitrogens is 3. The average molecular weight is 257 g/mol. The van der Waals surface area contributed by atoms with E-state index in [1.54, 1.807) is 4.68 Å². The quantitative estimate of drug-likeness (QED) is 0.791. The summed E-state index contributed by atoms with van der Waals surface area (Å²) in [6.07, 6.45) is 1.19. The summed E-state index contributed by atoms with van der Waals surface area (Å²) in [5.41, 5.74) is 4.73. The fourth-order valence-corrected chi connectivity index (χ4v) is 2.24. The summed E-state index contributed by atoms with van der Waals surface area (Å²) < 4.78 is 1.79. The second kappa shape index (κ2) is 5.34. The van der Waals surface area contributed by atoms with E-state index >= 15 is 0 Å². The predicted octanol–water partition coefficient (Wildman–Crippen LogP) is 3.04. The molecule has 1 aromatic carbocycles. The van der Waals surface area contributed by atoms with Crippen LogP contribution in [0, 0.1) is 13.8 Å². The van der Waals surface area contributed by atoms with Crippen LogP contribution in [0.25, 0.3) is 5.69 Å². The molecule has 0 fully saturated rings. The predicted molar refractivity (Wildman–Crippen MR) is 74.8 cm³/mol. The SMILES string of the molecule is CCC(=O)c1nnn(-c2ccc(C)cc2C)c1CC. The molecule has 0 atom stereocenters. The highest BCUT2D eigenvalue weighted by atomic mass is 16.1. The van der Waals surface area contributed by atoms with Crippen molar-refractivity contribution in [3.8, 4) is 5.69 Å². The molecule has 0 spiro atoms. The molecule has 0 saturated carbocycles. The van der Waals surface area contributed by atoms with Crippen molar-refractivity contribution >= 4 is 5.78 Å². The van der Waals surface area contributed by atoms with E-state index in [1.165, 1.54) is 5.56 Å². The molecule has 100 valence electrons. The Labute approximate surface area is 113 Å². The van der Waals surface area contributed by atoms with E-state index in [-0.39, 0.29) is 5.78 Å². The van der Waals surface area contributed by atoms with Crippen LogP contribution in [-0.4, -0.2) is 20.8 Å². The van der Waals surface area contributed by atoms with Gasteiger partial charge in [-0.2, -0.15) is 0 Å². The third-order valence-corrected chi connectivity index (χ3v) is 3.26. The maximum atomic E-state index is 11.9. The first-order chi connectivity index (χ1) is 9.08. The molecule has 0 saturated heterocycles. The lowest BCUT2D eigenvalue weighted by Crippen LogP contribution is -2.07. The highest BCUT2D eigenvalue weighted by molar-refractivity contribution is 5.95. The normalized spacial score (nSPS) is 10.7. The van der Waals surface area contributed by atoms with E-state index < -0.39 is 0 Å². The zero-order valence-corrected chi connectivity index (χ0v) is 11.9. The van der Waals surface area contributed by atoms with Gasteiger partial charge in [-0.05, 0) is 31.9 Å². The molecule has 1 heterocycles. The van der Waals surface area contributed by atoms with Gasteiger partial charge in [-0.1, -0.05) is 36.8 Å². The molecular weight excluding hydrogens is 238 g/mol. The number of benzene rings is 1. The summed E-state index contributed by atoms with van der Waals surface area (Å²) in [6.45, 7) is 7.97. The smallest absolute Gasteiger partial charge is 0.184 e. The summed E-state index contributed by atoms with van der Waals surface area (Å²) in [7, 11) is 0. The minimum Gasteiger partial charge on any atom is -0.292 e. The second-order valence-electron chi connectivity index (χ2n) is 4.72. The molecule has 4 nitrogen and oxygen atoms in total. The van der Waals surface area contributed by atoms with Gasteiger partial charge >= 0.3 is 0 Å². The minimum absolute atomic E-state index is 0.0489. The first kappa shape index (κ1) is 13.5. The lowest BCUT2D eigenvalue weighted by Gasteiger charge is -2.09. The number of hydrogen-bond donors (Lipinski definition) is 0. The van der Waals surface area contributed by atoms with Crippen molar-refractivity contribution in [2.24, 2.45) is 0 Å². The Kier molecular flexibility index (Phi) is 3.79. The Morgan fingerprint density at radius 3 is 2.58 bits per heavy atom. The number of Topliss-reactive ketones (excluding diaryl/α,β-unsaturated/α-hetero) is 1. The van der Waals surface area contributed by atoms with Crippen LogP contribution in [0.5, 0.6) is 0 Å². The monoisotopic (exact) mass is 257 g/mol. The van der Waals surface area contributed by atoms with Crippen LogP contribution < -0.4 is 0 Å². The van der Waals surface area contributed by atoms with Crippen LogP contribution in [0.1, 0.15) is 47.6 Å². The fourth-order valence-electron chi connectivity index (χ4n) is 2.24. The van der Waals surface area contributed by atoms with Crippen molar-refractivity contribution in [2.45, 2.75) is 40.5 Å². The summed E-state index contributed by atoms with van der Waals surface area (Å²) in [5, 5.41) is 8.22. The standard InChI is InChI=1S/C15H19N3O/c1-5-12-15(14(19)6-2)16-17-18(12)13-8-7-10(3)9-11(13)4/h7-9H,5-6H2,1-4H3. The summed E-state index contributed by atoms with van der Waals surface area (Å²) in [4.78, 5) is 11.9. The topological polar surface area (TPSA) is 47.8 Å². The number of carbonyl (C=O) groups excluding carboxylic acids is 1. The van der Waals surface area contributed by atoms with Gasteiger partial charge in [0.15, 0.2) is 11.5 Å². The van der Waals surface area contributed by atoms with Gasteiger partial charge in [0.1, 0.15) is 0 Å². The van der Waals surface area contributed by atoms with Gasteiger partial charge in [-0.15, -0.1) is 5.10 Å². The first-order valence-corrected chi connectivity index (χ1v) is 6.63. The van der Waals surface area contributed by atoms with Gasteiger partial charge in [-0.3, -0.25) is 4.79 Å². The maximum absolute atomic E-state index is 11.9. The van der Waals surface area contributed by atoms with Crippen LogP contribution in [0.15, 0.2) is 18.2 Å². The van der Waals surface area contributed by atoms with Gasteiger partial charge in [-0.25, -0.2) is 4.68 Å². The average Bonchev–Trinajstić information content (AvgIpc) is 2.81. The third kappa shape index (κ3) is 2.43. The van der Waals surface area contributed by atoms with Crippen molar-refractivity contribution < 1.29 is 4.79 Å². The van der Waals surface area contributed by atoms with Crippen LogP contribution in [0.4, 0.5) is 0 Å². The van der Waals surface area contributed by atoms with E-state index in [0.29, 0.717) is 12.1 Å². The zero-order chi connectivity index (χ0) is 14.0. The Balaban J connectivity index is 2.57. The van der Waals surface area contributed by atoms with Crippen LogP contribution in [0.3, 0.4) is 0 Å². The molecule has 0 unspecified atom stereocenters. The minimum atomic E-state index is 0.0489. The van der Waals surface area contributed by atoms with Gasteiger partial charge in [0, 0.05) is 6.42 Å². The summed E-state index contributed by atoms with van der Waals surface area (Å²) in [6, 6.07) is 6.18. The van der Waals surface area contributed by atoms with Gasteiger partial charge in [0.25, 0.3) is 0 Å². The zero-order valence-electron chi connectivity index (χ0n) is 11.9. The lowest BCUT2D eigenvalue weighted by molar-refractivity contribution is 0.0982. The molecule has 0 radical (unpaired) electrons. The van der Waals surface area contributed by atoms with E-state index in [1.807, 2.05) is 32.9 Å². The van der Waals surface area contributed by atoms with E-state index in [2.05, 4.69) is 23.3 Å². The van der Waals surface area contributed by atoms with Crippen LogP contribution >= 0.6 is 0 Å². The maximum Gasteiger partial charge on any atom is 0.184 e. The number of carbonyl (C=O) groups is 1. The van der Waals surface area contributed by atoms with Crippen molar-refractivity contribution in [1.82, 2.24) is 15.0 Å². The first-order valence-electron chi connectivity index (χ1n) is 6.63.